The molecule has 0 aromatic rings. The molecule has 5 heteroatoms. The molecule has 4 nitrogen and oxygen atoms in total. The van der Waals surface area contributed by atoms with Crippen LogP contribution in [0.25, 0.3) is 0 Å². The first kappa shape index (κ1) is 16.3. The third-order valence-electron chi connectivity index (χ3n) is 3.34. The number of hydrogen-bond donors (Lipinski definition) is 0. The fourth-order valence-electron chi connectivity index (χ4n) is 2.59. The average Bonchev–Trinajstić information content (AvgIpc) is 2.24. The number of ketones is 1. The molecule has 0 aliphatic carbocycles. The second-order valence-corrected chi connectivity index (χ2v) is 7.04. The molecular weight excluding hydrogens is 266 g/mol. The summed E-state index contributed by atoms with van der Waals surface area (Å²) in [6.45, 7) is 10.00. The first-order valence-corrected chi connectivity index (χ1v) is 7.20. The Morgan fingerprint density at radius 1 is 1.37 bits per heavy atom. The van der Waals surface area contributed by atoms with Crippen LogP contribution in [-0.2, 0) is 9.53 Å². The highest BCUT2D eigenvalue weighted by Crippen LogP contribution is 2.36. The Balaban J connectivity index is 2.96. The highest BCUT2D eigenvalue weighted by molar-refractivity contribution is 6.28. The predicted octanol–water partition coefficient (Wildman–Crippen LogP) is 3.22. The lowest BCUT2D eigenvalue weighted by atomic mass is 9.75. The van der Waals surface area contributed by atoms with Gasteiger partial charge in [-0.2, -0.15) is 0 Å². The number of amides is 1. The van der Waals surface area contributed by atoms with E-state index >= 15 is 0 Å². The summed E-state index contributed by atoms with van der Waals surface area (Å²) in [5.74, 6) is -0.190. The van der Waals surface area contributed by atoms with Gasteiger partial charge in [0.2, 0.25) is 0 Å². The van der Waals surface area contributed by atoms with Crippen molar-refractivity contribution in [2.75, 3.05) is 12.4 Å². The van der Waals surface area contributed by atoms with E-state index in [2.05, 4.69) is 0 Å². The Bertz CT molecular complexity index is 360. The topological polar surface area (TPSA) is 46.6 Å². The number of carbonyl (C=O) groups is 2. The third kappa shape index (κ3) is 4.10. The van der Waals surface area contributed by atoms with Crippen LogP contribution in [0.2, 0.25) is 0 Å². The Morgan fingerprint density at radius 2 is 1.95 bits per heavy atom. The lowest BCUT2D eigenvalue weighted by Gasteiger charge is -2.45. The fourth-order valence-corrected chi connectivity index (χ4v) is 2.74. The van der Waals surface area contributed by atoms with Gasteiger partial charge in [0, 0.05) is 6.54 Å². The summed E-state index contributed by atoms with van der Waals surface area (Å²) in [6.07, 6.45) is 1.35. The molecule has 0 N–H and O–H groups in total. The fraction of sp³-hybridized carbons (Fsp3) is 0.857. The van der Waals surface area contributed by atoms with E-state index < -0.39 is 17.7 Å². The number of hydrogen-bond acceptors (Lipinski definition) is 3. The molecule has 1 aliphatic rings. The van der Waals surface area contributed by atoms with E-state index in [4.69, 9.17) is 16.3 Å². The molecule has 19 heavy (non-hydrogen) atoms. The quantitative estimate of drug-likeness (QED) is 0.733. The molecule has 0 saturated carbocycles. The molecule has 1 saturated heterocycles. The first-order chi connectivity index (χ1) is 8.58. The van der Waals surface area contributed by atoms with Gasteiger partial charge in [-0.3, -0.25) is 9.69 Å². The zero-order chi connectivity index (χ0) is 14.8. The number of halogens is 1. The number of nitrogens with zero attached hydrogens (tertiary/aromatic N) is 1. The maximum absolute atomic E-state index is 12.2. The monoisotopic (exact) mass is 289 g/mol. The lowest BCUT2D eigenvalue weighted by Crippen LogP contribution is -2.57. The molecule has 0 aromatic heterocycles. The van der Waals surface area contributed by atoms with Gasteiger partial charge in [-0.05, 0) is 39.0 Å². The van der Waals surface area contributed by atoms with Crippen LogP contribution in [0.3, 0.4) is 0 Å². The van der Waals surface area contributed by atoms with Crippen molar-refractivity contribution >= 4 is 23.5 Å². The SMILES string of the molecule is CC(C)(C)OC(=O)N1CCCC(C)(C)C1C(=O)CCl. The molecule has 1 amide bonds. The highest BCUT2D eigenvalue weighted by atomic mass is 35.5. The van der Waals surface area contributed by atoms with E-state index in [-0.39, 0.29) is 17.1 Å². The van der Waals surface area contributed by atoms with Crippen molar-refractivity contribution in [2.24, 2.45) is 5.41 Å². The van der Waals surface area contributed by atoms with Crippen LogP contribution < -0.4 is 0 Å². The van der Waals surface area contributed by atoms with Gasteiger partial charge in [0.25, 0.3) is 0 Å². The van der Waals surface area contributed by atoms with Crippen LogP contribution in [0, 0.1) is 5.41 Å². The minimum atomic E-state index is -0.562. The van der Waals surface area contributed by atoms with Crippen LogP contribution >= 0.6 is 11.6 Å². The first-order valence-electron chi connectivity index (χ1n) is 6.67. The Morgan fingerprint density at radius 3 is 2.42 bits per heavy atom. The number of ether oxygens (including phenoxy) is 1. The van der Waals surface area contributed by atoms with Crippen molar-refractivity contribution in [2.45, 2.75) is 59.1 Å². The zero-order valence-electron chi connectivity index (χ0n) is 12.5. The zero-order valence-corrected chi connectivity index (χ0v) is 13.2. The minimum absolute atomic E-state index is 0.0760. The largest absolute Gasteiger partial charge is 0.444 e. The van der Waals surface area contributed by atoms with Crippen LogP contribution in [0.5, 0.6) is 0 Å². The van der Waals surface area contributed by atoms with Gasteiger partial charge in [0.1, 0.15) is 11.6 Å². The molecule has 1 unspecified atom stereocenters. The number of piperidine rings is 1. The summed E-state index contributed by atoms with van der Waals surface area (Å²) in [4.78, 5) is 25.9. The molecule has 1 aliphatic heterocycles. The number of alkyl halides is 1. The van der Waals surface area contributed by atoms with Crippen molar-refractivity contribution in [1.29, 1.82) is 0 Å². The van der Waals surface area contributed by atoms with E-state index in [0.29, 0.717) is 6.54 Å². The molecule has 1 rings (SSSR count). The van der Waals surface area contributed by atoms with Crippen LogP contribution in [0.4, 0.5) is 4.79 Å². The lowest BCUT2D eigenvalue weighted by molar-refractivity contribution is -0.128. The van der Waals surface area contributed by atoms with Gasteiger partial charge in [-0.25, -0.2) is 4.79 Å². The highest BCUT2D eigenvalue weighted by Gasteiger charge is 2.44. The van der Waals surface area contributed by atoms with Crippen molar-refractivity contribution in [3.8, 4) is 0 Å². The minimum Gasteiger partial charge on any atom is -0.444 e. The molecule has 1 heterocycles. The second-order valence-electron chi connectivity index (χ2n) is 6.77. The molecule has 1 atom stereocenters. The van der Waals surface area contributed by atoms with Crippen molar-refractivity contribution in [3.05, 3.63) is 0 Å². The van der Waals surface area contributed by atoms with E-state index in [1.165, 1.54) is 0 Å². The van der Waals surface area contributed by atoms with E-state index in [0.717, 1.165) is 12.8 Å². The second kappa shape index (κ2) is 5.70. The van der Waals surface area contributed by atoms with Gasteiger partial charge in [0.15, 0.2) is 5.78 Å². The molecule has 0 spiro atoms. The van der Waals surface area contributed by atoms with Gasteiger partial charge < -0.3 is 4.74 Å². The third-order valence-corrected chi connectivity index (χ3v) is 3.60. The number of likely N-dealkylation sites (tertiary alicyclic amines) is 1. The van der Waals surface area contributed by atoms with Crippen molar-refractivity contribution in [3.63, 3.8) is 0 Å². The van der Waals surface area contributed by atoms with Crippen LogP contribution in [0.15, 0.2) is 0 Å². The predicted molar refractivity (Wildman–Crippen MR) is 75.5 cm³/mol. The molecule has 0 bridgehead atoms. The molecular formula is C14H24ClNO3. The average molecular weight is 290 g/mol. The summed E-state index contributed by atoms with van der Waals surface area (Å²) in [5.41, 5.74) is -0.825. The summed E-state index contributed by atoms with van der Waals surface area (Å²) in [7, 11) is 0. The van der Waals surface area contributed by atoms with E-state index in [1.54, 1.807) is 4.90 Å². The number of carbonyl (C=O) groups excluding carboxylic acids is 2. The molecule has 110 valence electrons. The van der Waals surface area contributed by atoms with Crippen molar-refractivity contribution < 1.29 is 14.3 Å². The molecule has 0 aromatic carbocycles. The summed E-state index contributed by atoms with van der Waals surface area (Å²) in [6, 6.07) is -0.492. The van der Waals surface area contributed by atoms with Gasteiger partial charge in [-0.1, -0.05) is 13.8 Å². The Labute approximate surface area is 120 Å². The normalized spacial score (nSPS) is 23.1. The van der Waals surface area contributed by atoms with E-state index in [1.807, 2.05) is 34.6 Å². The van der Waals surface area contributed by atoms with Crippen molar-refractivity contribution in [1.82, 2.24) is 4.90 Å². The molecule has 1 fully saturated rings. The van der Waals surface area contributed by atoms with E-state index in [9.17, 15) is 9.59 Å². The summed E-state index contributed by atoms with van der Waals surface area (Å²) in [5, 5.41) is 0. The van der Waals surface area contributed by atoms with Crippen LogP contribution in [-0.4, -0.2) is 40.8 Å². The number of rotatable bonds is 2. The number of Topliss-reactive ketones (excluding diaryl/α,β-unsaturated/α-hetero) is 1. The summed E-state index contributed by atoms with van der Waals surface area (Å²) < 4.78 is 5.39. The maximum atomic E-state index is 12.2. The van der Waals surface area contributed by atoms with Gasteiger partial charge in [0.05, 0.1) is 5.88 Å². The Hall–Kier alpha value is -0.770. The summed E-state index contributed by atoms with van der Waals surface area (Å²) >= 11 is 5.69. The van der Waals surface area contributed by atoms with Crippen LogP contribution in [0.1, 0.15) is 47.5 Å². The standard InChI is InChI=1S/C14H24ClNO3/c1-13(2,3)19-12(18)16-8-6-7-14(4,5)11(16)10(17)9-15/h11H,6-9H2,1-5H3. The van der Waals surface area contributed by atoms with Gasteiger partial charge in [-0.15, -0.1) is 11.6 Å². The smallest absolute Gasteiger partial charge is 0.410 e. The Kier molecular flexibility index (Phi) is 4.88. The molecule has 0 radical (unpaired) electrons. The maximum Gasteiger partial charge on any atom is 0.410 e. The van der Waals surface area contributed by atoms with Gasteiger partial charge >= 0.3 is 6.09 Å².